The Labute approximate surface area is 117 Å². The van der Waals surface area contributed by atoms with Gasteiger partial charge in [-0.1, -0.05) is 36.4 Å². The number of benzene rings is 2. The Bertz CT molecular complexity index is 599. The van der Waals surface area contributed by atoms with Gasteiger partial charge in [-0.3, -0.25) is 4.79 Å². The number of halogens is 1. The molecule has 0 aromatic heterocycles. The zero-order valence-corrected chi connectivity index (χ0v) is 11.1. The summed E-state index contributed by atoms with van der Waals surface area (Å²) in [7, 11) is 0. The third kappa shape index (κ3) is 3.22. The largest absolute Gasteiger partial charge is 0.394 e. The molecule has 4 heteroatoms. The molecule has 2 N–H and O–H groups in total. The van der Waals surface area contributed by atoms with Crippen LogP contribution in [0.3, 0.4) is 0 Å². The van der Waals surface area contributed by atoms with Gasteiger partial charge in [0.25, 0.3) is 5.91 Å². The van der Waals surface area contributed by atoms with Crippen LogP contribution in [-0.4, -0.2) is 23.7 Å². The molecule has 1 amide bonds. The Morgan fingerprint density at radius 3 is 2.55 bits per heavy atom. The van der Waals surface area contributed by atoms with Gasteiger partial charge in [-0.2, -0.15) is 0 Å². The highest BCUT2D eigenvalue weighted by Gasteiger charge is 2.14. The summed E-state index contributed by atoms with van der Waals surface area (Å²) in [5.74, 6) is -1.10. The summed E-state index contributed by atoms with van der Waals surface area (Å²) in [6, 6.07) is 13.5. The van der Waals surface area contributed by atoms with Crippen molar-refractivity contribution in [3.05, 3.63) is 59.9 Å². The van der Waals surface area contributed by atoms with E-state index in [1.807, 2.05) is 30.3 Å². The van der Waals surface area contributed by atoms with E-state index in [1.165, 1.54) is 12.1 Å². The molecule has 0 aliphatic carbocycles. The molecule has 1 atom stereocenters. The summed E-state index contributed by atoms with van der Waals surface area (Å²) in [5.41, 5.74) is 1.66. The van der Waals surface area contributed by atoms with Crippen LogP contribution in [-0.2, 0) is 0 Å². The quantitative estimate of drug-likeness (QED) is 0.899. The first-order chi connectivity index (χ1) is 9.61. The predicted molar refractivity (Wildman–Crippen MR) is 75.9 cm³/mol. The first-order valence-electron chi connectivity index (χ1n) is 6.38. The third-order valence-electron chi connectivity index (χ3n) is 2.97. The first-order valence-corrected chi connectivity index (χ1v) is 6.38. The Kier molecular flexibility index (Phi) is 4.48. The van der Waals surface area contributed by atoms with Gasteiger partial charge in [0.05, 0.1) is 12.2 Å². The zero-order valence-electron chi connectivity index (χ0n) is 11.1. The first kappa shape index (κ1) is 14.2. The Balaban J connectivity index is 2.32. The molecule has 0 spiro atoms. The summed E-state index contributed by atoms with van der Waals surface area (Å²) in [5, 5.41) is 11.5. The average molecular weight is 273 g/mol. The van der Waals surface area contributed by atoms with Crippen molar-refractivity contribution in [3.8, 4) is 11.1 Å². The standard InChI is InChI=1S/C16H16FNO2/c1-11(10-19)18-16(20)14-9-13(7-8-15(14)17)12-5-3-2-4-6-12/h2-9,11,19H,10H2,1H3,(H,18,20). The Morgan fingerprint density at radius 2 is 1.90 bits per heavy atom. The number of rotatable bonds is 4. The van der Waals surface area contributed by atoms with E-state index < -0.39 is 17.8 Å². The van der Waals surface area contributed by atoms with Gasteiger partial charge in [0.15, 0.2) is 0 Å². The number of carbonyl (C=O) groups excluding carboxylic acids is 1. The number of aliphatic hydroxyl groups is 1. The molecule has 1 unspecified atom stereocenters. The maximum absolute atomic E-state index is 13.8. The van der Waals surface area contributed by atoms with Crippen molar-refractivity contribution in [2.75, 3.05) is 6.61 Å². The number of nitrogens with one attached hydrogen (secondary N) is 1. The maximum atomic E-state index is 13.8. The average Bonchev–Trinajstić information content (AvgIpc) is 2.48. The molecular formula is C16H16FNO2. The molecule has 104 valence electrons. The minimum Gasteiger partial charge on any atom is -0.394 e. The summed E-state index contributed by atoms with van der Waals surface area (Å²) in [6.45, 7) is 1.46. The number of amides is 1. The lowest BCUT2D eigenvalue weighted by molar-refractivity contribution is 0.0918. The van der Waals surface area contributed by atoms with E-state index in [0.29, 0.717) is 0 Å². The van der Waals surface area contributed by atoms with Crippen molar-refractivity contribution in [2.45, 2.75) is 13.0 Å². The lowest BCUT2D eigenvalue weighted by Crippen LogP contribution is -2.35. The van der Waals surface area contributed by atoms with E-state index in [9.17, 15) is 9.18 Å². The van der Waals surface area contributed by atoms with Crippen molar-refractivity contribution >= 4 is 5.91 Å². The van der Waals surface area contributed by atoms with E-state index in [4.69, 9.17) is 5.11 Å². The number of carbonyl (C=O) groups is 1. The number of hydrogen-bond acceptors (Lipinski definition) is 2. The Morgan fingerprint density at radius 1 is 1.20 bits per heavy atom. The summed E-state index contributed by atoms with van der Waals surface area (Å²) >= 11 is 0. The van der Waals surface area contributed by atoms with Crippen LogP contribution in [0.2, 0.25) is 0 Å². The lowest BCUT2D eigenvalue weighted by atomic mass is 10.0. The fourth-order valence-electron chi connectivity index (χ4n) is 1.86. The van der Waals surface area contributed by atoms with E-state index in [0.717, 1.165) is 11.1 Å². The van der Waals surface area contributed by atoms with E-state index in [2.05, 4.69) is 5.32 Å². The maximum Gasteiger partial charge on any atom is 0.254 e. The summed E-state index contributed by atoms with van der Waals surface area (Å²) in [4.78, 5) is 12.0. The van der Waals surface area contributed by atoms with Gasteiger partial charge in [-0.25, -0.2) is 4.39 Å². The smallest absolute Gasteiger partial charge is 0.254 e. The van der Waals surface area contributed by atoms with Crippen molar-refractivity contribution in [2.24, 2.45) is 0 Å². The summed E-state index contributed by atoms with van der Waals surface area (Å²) in [6.07, 6.45) is 0. The molecule has 0 radical (unpaired) electrons. The number of aliphatic hydroxyl groups excluding tert-OH is 1. The molecule has 2 aromatic carbocycles. The van der Waals surface area contributed by atoms with E-state index in [1.54, 1.807) is 13.0 Å². The van der Waals surface area contributed by atoms with Gasteiger partial charge in [-0.05, 0) is 30.2 Å². The topological polar surface area (TPSA) is 49.3 Å². The van der Waals surface area contributed by atoms with Crippen LogP contribution in [0.4, 0.5) is 4.39 Å². The molecular weight excluding hydrogens is 257 g/mol. The highest BCUT2D eigenvalue weighted by atomic mass is 19.1. The van der Waals surface area contributed by atoms with Crippen LogP contribution >= 0.6 is 0 Å². The SMILES string of the molecule is CC(CO)NC(=O)c1cc(-c2ccccc2)ccc1F. The normalized spacial score (nSPS) is 11.9. The van der Waals surface area contributed by atoms with E-state index >= 15 is 0 Å². The van der Waals surface area contributed by atoms with Crippen LogP contribution in [0.25, 0.3) is 11.1 Å². The molecule has 0 saturated heterocycles. The molecule has 2 aromatic rings. The van der Waals surface area contributed by atoms with Gasteiger partial charge in [-0.15, -0.1) is 0 Å². The van der Waals surface area contributed by atoms with Gasteiger partial charge >= 0.3 is 0 Å². The lowest BCUT2D eigenvalue weighted by Gasteiger charge is -2.12. The van der Waals surface area contributed by atoms with Gasteiger partial charge in [0.1, 0.15) is 5.82 Å². The molecule has 0 bridgehead atoms. The molecule has 0 saturated carbocycles. The van der Waals surface area contributed by atoms with Gasteiger partial charge in [0, 0.05) is 6.04 Å². The molecule has 0 heterocycles. The van der Waals surface area contributed by atoms with Crippen molar-refractivity contribution in [1.82, 2.24) is 5.32 Å². The highest BCUT2D eigenvalue weighted by molar-refractivity contribution is 5.95. The van der Waals surface area contributed by atoms with Gasteiger partial charge in [0.2, 0.25) is 0 Å². The second kappa shape index (κ2) is 6.30. The minimum absolute atomic E-state index is 0.0216. The van der Waals surface area contributed by atoms with Crippen LogP contribution in [0, 0.1) is 5.82 Å². The van der Waals surface area contributed by atoms with Crippen LogP contribution in [0.15, 0.2) is 48.5 Å². The summed E-state index contributed by atoms with van der Waals surface area (Å²) < 4.78 is 13.8. The van der Waals surface area contributed by atoms with Crippen molar-refractivity contribution in [1.29, 1.82) is 0 Å². The van der Waals surface area contributed by atoms with Crippen molar-refractivity contribution < 1.29 is 14.3 Å². The second-order valence-corrected chi connectivity index (χ2v) is 4.62. The Hall–Kier alpha value is -2.20. The van der Waals surface area contributed by atoms with Crippen molar-refractivity contribution in [3.63, 3.8) is 0 Å². The van der Waals surface area contributed by atoms with E-state index in [-0.39, 0.29) is 12.2 Å². The third-order valence-corrected chi connectivity index (χ3v) is 2.97. The molecule has 0 aliphatic rings. The van der Waals surface area contributed by atoms with Crippen LogP contribution in [0.1, 0.15) is 17.3 Å². The van der Waals surface area contributed by atoms with Gasteiger partial charge < -0.3 is 10.4 Å². The highest BCUT2D eigenvalue weighted by Crippen LogP contribution is 2.21. The molecule has 3 nitrogen and oxygen atoms in total. The van der Waals surface area contributed by atoms with Crippen LogP contribution < -0.4 is 5.32 Å². The molecule has 0 aliphatic heterocycles. The monoisotopic (exact) mass is 273 g/mol. The molecule has 2 rings (SSSR count). The van der Waals surface area contributed by atoms with Crippen LogP contribution in [0.5, 0.6) is 0 Å². The fourth-order valence-corrected chi connectivity index (χ4v) is 1.86. The molecule has 0 fully saturated rings. The predicted octanol–water partition coefficient (Wildman–Crippen LogP) is 2.60. The second-order valence-electron chi connectivity index (χ2n) is 4.62. The number of hydrogen-bond donors (Lipinski definition) is 2. The zero-order chi connectivity index (χ0) is 14.5. The minimum atomic E-state index is -0.577. The molecule has 20 heavy (non-hydrogen) atoms. The fraction of sp³-hybridized carbons (Fsp3) is 0.188.